The molecule has 0 saturated heterocycles. The lowest BCUT2D eigenvalue weighted by molar-refractivity contribution is 0.0937. The van der Waals surface area contributed by atoms with Crippen LogP contribution in [0.5, 0.6) is 17.2 Å². The highest BCUT2D eigenvalue weighted by Gasteiger charge is 2.27. The number of benzene rings is 2. The van der Waals surface area contributed by atoms with Crippen LogP contribution in [-0.4, -0.2) is 37.2 Å². The molecule has 6 heteroatoms. The molecular weight excluding hydrogens is 386 g/mol. The fourth-order valence-corrected chi connectivity index (χ4v) is 4.75. The minimum absolute atomic E-state index is 0.108. The van der Waals surface area contributed by atoms with Crippen molar-refractivity contribution in [1.29, 1.82) is 0 Å². The van der Waals surface area contributed by atoms with Crippen molar-refractivity contribution >= 4 is 17.7 Å². The lowest BCUT2D eigenvalue weighted by atomic mass is 10.1. The minimum Gasteiger partial charge on any atom is -0.493 e. The Morgan fingerprint density at radius 1 is 1.10 bits per heavy atom. The molecule has 1 aliphatic rings. The number of ether oxygens (including phenoxy) is 3. The number of carbonyl (C=O) groups is 1. The van der Waals surface area contributed by atoms with Crippen LogP contribution in [0.3, 0.4) is 0 Å². The number of thioether (sulfide) groups is 1. The maximum absolute atomic E-state index is 12.8. The second-order valence-electron chi connectivity index (χ2n) is 7.04. The van der Waals surface area contributed by atoms with Crippen molar-refractivity contribution in [3.05, 3.63) is 53.6 Å². The van der Waals surface area contributed by atoms with Gasteiger partial charge in [-0.15, -0.1) is 0 Å². The topological polar surface area (TPSA) is 56.8 Å². The molecule has 1 saturated carbocycles. The molecule has 0 spiro atoms. The Kier molecular flexibility index (Phi) is 7.69. The summed E-state index contributed by atoms with van der Waals surface area (Å²) in [5, 5.41) is 3.80. The van der Waals surface area contributed by atoms with Gasteiger partial charge in [-0.1, -0.05) is 37.3 Å². The van der Waals surface area contributed by atoms with E-state index in [0.717, 1.165) is 30.6 Å². The Morgan fingerprint density at radius 2 is 1.79 bits per heavy atom. The summed E-state index contributed by atoms with van der Waals surface area (Å²) in [4.78, 5) is 12.8. The molecule has 0 aliphatic heterocycles. The first-order valence-electron chi connectivity index (χ1n) is 9.99. The molecule has 5 nitrogen and oxygen atoms in total. The van der Waals surface area contributed by atoms with Crippen LogP contribution in [0.25, 0.3) is 0 Å². The number of carbonyl (C=O) groups excluding carboxylic acids is 1. The normalized spacial score (nSPS) is 18.3. The number of methoxy groups -OCH3 is 2. The molecule has 0 radical (unpaired) electrons. The van der Waals surface area contributed by atoms with Crippen LogP contribution < -0.4 is 19.5 Å². The van der Waals surface area contributed by atoms with E-state index < -0.39 is 0 Å². The van der Waals surface area contributed by atoms with Gasteiger partial charge in [-0.2, -0.15) is 11.8 Å². The molecule has 0 heterocycles. The lowest BCUT2D eigenvalue weighted by Crippen LogP contribution is -2.33. The Bertz CT molecular complexity index is 787. The van der Waals surface area contributed by atoms with Gasteiger partial charge in [0.05, 0.1) is 14.2 Å². The highest BCUT2D eigenvalue weighted by molar-refractivity contribution is 7.99. The zero-order valence-electron chi connectivity index (χ0n) is 17.3. The first kappa shape index (κ1) is 21.4. The van der Waals surface area contributed by atoms with Crippen molar-refractivity contribution < 1.29 is 19.0 Å². The monoisotopic (exact) mass is 415 g/mol. The number of amides is 1. The third-order valence-corrected chi connectivity index (χ3v) is 6.30. The molecule has 156 valence electrons. The van der Waals surface area contributed by atoms with Gasteiger partial charge in [-0.3, -0.25) is 4.79 Å². The molecule has 1 N–H and O–H groups in total. The van der Waals surface area contributed by atoms with E-state index in [2.05, 4.69) is 12.2 Å². The van der Waals surface area contributed by atoms with Crippen LogP contribution >= 0.6 is 11.8 Å². The van der Waals surface area contributed by atoms with Crippen molar-refractivity contribution in [2.45, 2.75) is 44.1 Å². The zero-order valence-corrected chi connectivity index (χ0v) is 18.1. The SMILES string of the molecule is CCS[C@H]1CC[C@@H](NC(=O)c2cc(OC)c(OCc3ccccc3)c(OC)c2)C1. The molecule has 0 bridgehead atoms. The molecule has 1 fully saturated rings. The fraction of sp³-hybridized carbons (Fsp3) is 0.435. The van der Waals surface area contributed by atoms with Gasteiger partial charge < -0.3 is 19.5 Å². The number of rotatable bonds is 9. The van der Waals surface area contributed by atoms with E-state index in [4.69, 9.17) is 14.2 Å². The Balaban J connectivity index is 1.72. The minimum atomic E-state index is -0.108. The predicted octanol–water partition coefficient (Wildman–Crippen LogP) is 4.69. The second kappa shape index (κ2) is 10.4. The van der Waals surface area contributed by atoms with Crippen molar-refractivity contribution in [3.63, 3.8) is 0 Å². The van der Waals surface area contributed by atoms with Crippen LogP contribution in [0.1, 0.15) is 42.1 Å². The van der Waals surface area contributed by atoms with Crippen LogP contribution in [0.4, 0.5) is 0 Å². The average molecular weight is 416 g/mol. The summed E-state index contributed by atoms with van der Waals surface area (Å²) in [7, 11) is 3.13. The molecule has 2 aromatic carbocycles. The highest BCUT2D eigenvalue weighted by Crippen LogP contribution is 2.39. The molecule has 0 aromatic heterocycles. The Morgan fingerprint density at radius 3 is 2.41 bits per heavy atom. The van der Waals surface area contributed by atoms with Crippen LogP contribution in [0, 0.1) is 0 Å². The third kappa shape index (κ3) is 5.60. The zero-order chi connectivity index (χ0) is 20.6. The Hall–Kier alpha value is -2.34. The summed E-state index contributed by atoms with van der Waals surface area (Å²) in [5.41, 5.74) is 1.55. The smallest absolute Gasteiger partial charge is 0.251 e. The summed E-state index contributed by atoms with van der Waals surface area (Å²) in [6.45, 7) is 2.56. The predicted molar refractivity (Wildman–Crippen MR) is 117 cm³/mol. The number of hydrogen-bond acceptors (Lipinski definition) is 5. The standard InChI is InChI=1S/C23H29NO4S/c1-4-29-19-11-10-18(14-19)24-23(25)17-12-20(26-2)22(21(13-17)27-3)28-15-16-8-6-5-7-9-16/h5-9,12-13,18-19H,4,10-11,14-15H2,1-3H3,(H,24,25)/t18-,19+/m1/s1. The van der Waals surface area contributed by atoms with E-state index in [-0.39, 0.29) is 11.9 Å². The number of hydrogen-bond donors (Lipinski definition) is 1. The van der Waals surface area contributed by atoms with Gasteiger partial charge in [0, 0.05) is 16.9 Å². The van der Waals surface area contributed by atoms with Crippen LogP contribution in [-0.2, 0) is 6.61 Å². The van der Waals surface area contributed by atoms with Crippen molar-refractivity contribution in [2.75, 3.05) is 20.0 Å². The van der Waals surface area contributed by atoms with Gasteiger partial charge in [0.2, 0.25) is 5.75 Å². The Labute approximate surface area is 177 Å². The van der Waals surface area contributed by atoms with Crippen molar-refractivity contribution in [1.82, 2.24) is 5.32 Å². The van der Waals surface area contributed by atoms with E-state index in [1.54, 1.807) is 26.4 Å². The van der Waals surface area contributed by atoms with Gasteiger partial charge in [-0.25, -0.2) is 0 Å². The summed E-state index contributed by atoms with van der Waals surface area (Å²) >= 11 is 1.98. The van der Waals surface area contributed by atoms with Gasteiger partial charge in [0.25, 0.3) is 5.91 Å². The average Bonchev–Trinajstić information content (AvgIpc) is 3.19. The summed E-state index contributed by atoms with van der Waals surface area (Å²) in [6.07, 6.45) is 3.20. The molecule has 2 aromatic rings. The molecule has 29 heavy (non-hydrogen) atoms. The van der Waals surface area contributed by atoms with Gasteiger partial charge in [0.15, 0.2) is 11.5 Å². The molecule has 3 rings (SSSR count). The highest BCUT2D eigenvalue weighted by atomic mass is 32.2. The first-order chi connectivity index (χ1) is 14.1. The van der Waals surface area contributed by atoms with Gasteiger partial charge >= 0.3 is 0 Å². The largest absolute Gasteiger partial charge is 0.493 e. The fourth-order valence-electron chi connectivity index (χ4n) is 3.61. The van der Waals surface area contributed by atoms with E-state index in [1.165, 1.54) is 0 Å². The third-order valence-electron chi connectivity index (χ3n) is 5.07. The molecular formula is C23H29NO4S. The molecule has 2 atom stereocenters. The van der Waals surface area contributed by atoms with E-state index >= 15 is 0 Å². The van der Waals surface area contributed by atoms with E-state index in [9.17, 15) is 4.79 Å². The first-order valence-corrected chi connectivity index (χ1v) is 11.0. The lowest BCUT2D eigenvalue weighted by Gasteiger charge is -2.17. The molecule has 1 aliphatic carbocycles. The second-order valence-corrected chi connectivity index (χ2v) is 8.62. The maximum atomic E-state index is 12.8. The summed E-state index contributed by atoms with van der Waals surface area (Å²) in [6, 6.07) is 13.5. The van der Waals surface area contributed by atoms with Gasteiger partial charge in [-0.05, 0) is 42.7 Å². The maximum Gasteiger partial charge on any atom is 0.251 e. The molecule has 0 unspecified atom stereocenters. The molecule has 1 amide bonds. The number of nitrogens with one attached hydrogen (secondary N) is 1. The summed E-state index contributed by atoms with van der Waals surface area (Å²) in [5.74, 6) is 2.47. The van der Waals surface area contributed by atoms with Gasteiger partial charge in [0.1, 0.15) is 6.61 Å². The summed E-state index contributed by atoms with van der Waals surface area (Å²) < 4.78 is 17.0. The van der Waals surface area contributed by atoms with Crippen molar-refractivity contribution in [2.24, 2.45) is 0 Å². The van der Waals surface area contributed by atoms with E-state index in [1.807, 2.05) is 42.1 Å². The van der Waals surface area contributed by atoms with E-state index in [0.29, 0.717) is 34.7 Å². The van der Waals surface area contributed by atoms with Crippen LogP contribution in [0.2, 0.25) is 0 Å². The van der Waals surface area contributed by atoms with Crippen molar-refractivity contribution in [3.8, 4) is 17.2 Å². The quantitative estimate of drug-likeness (QED) is 0.644. The van der Waals surface area contributed by atoms with Crippen LogP contribution in [0.15, 0.2) is 42.5 Å².